The van der Waals surface area contributed by atoms with Crippen molar-refractivity contribution in [3.8, 4) is 0 Å². The molecule has 0 aliphatic carbocycles. The molecule has 0 saturated heterocycles. The molecule has 0 unspecified atom stereocenters. The second-order valence-corrected chi connectivity index (χ2v) is 4.94. The lowest BCUT2D eigenvalue weighted by Gasteiger charge is -2.09. The molecule has 2 rings (SSSR count). The molecule has 0 radical (unpaired) electrons. The summed E-state index contributed by atoms with van der Waals surface area (Å²) in [4.78, 5) is 11.1. The smallest absolute Gasteiger partial charge is 0.248 e. The van der Waals surface area contributed by atoms with E-state index >= 15 is 0 Å². The van der Waals surface area contributed by atoms with Crippen molar-refractivity contribution in [2.45, 2.75) is 33.7 Å². The number of aromatic nitrogens is 2. The van der Waals surface area contributed by atoms with Crippen molar-refractivity contribution in [3.63, 3.8) is 0 Å². The molecule has 0 aliphatic heterocycles. The Morgan fingerprint density at radius 3 is 2.55 bits per heavy atom. The van der Waals surface area contributed by atoms with E-state index in [4.69, 9.17) is 11.5 Å². The van der Waals surface area contributed by atoms with Crippen molar-refractivity contribution in [2.24, 2.45) is 5.73 Å². The number of amides is 1. The standard InChI is InChI=1S/C15H20N4O/c1-4-13-9(2)18-19(10(13)3)8-12-6-5-11(15(17)20)7-14(12)16/h5-7H,4,8,16H2,1-3H3,(H2,17,20). The van der Waals surface area contributed by atoms with Crippen LogP contribution in [0.3, 0.4) is 0 Å². The summed E-state index contributed by atoms with van der Waals surface area (Å²) in [6, 6.07) is 5.14. The summed E-state index contributed by atoms with van der Waals surface area (Å²) in [7, 11) is 0. The highest BCUT2D eigenvalue weighted by molar-refractivity contribution is 5.93. The first-order chi connectivity index (χ1) is 9.43. The largest absolute Gasteiger partial charge is 0.398 e. The highest BCUT2D eigenvalue weighted by atomic mass is 16.1. The van der Waals surface area contributed by atoms with Gasteiger partial charge in [0.2, 0.25) is 5.91 Å². The van der Waals surface area contributed by atoms with Crippen LogP contribution in [0.5, 0.6) is 0 Å². The number of nitrogen functional groups attached to an aromatic ring is 1. The molecule has 1 aromatic carbocycles. The molecule has 4 N–H and O–H groups in total. The second-order valence-electron chi connectivity index (χ2n) is 4.94. The molecule has 0 aliphatic rings. The Balaban J connectivity index is 2.33. The predicted molar refractivity (Wildman–Crippen MR) is 79.6 cm³/mol. The van der Waals surface area contributed by atoms with E-state index in [1.165, 1.54) is 5.56 Å². The summed E-state index contributed by atoms with van der Waals surface area (Å²) in [5.74, 6) is -0.470. The zero-order valence-electron chi connectivity index (χ0n) is 12.1. The maximum atomic E-state index is 11.1. The van der Waals surface area contributed by atoms with Gasteiger partial charge in [-0.15, -0.1) is 0 Å². The van der Waals surface area contributed by atoms with Gasteiger partial charge in [-0.05, 0) is 43.5 Å². The average molecular weight is 272 g/mol. The van der Waals surface area contributed by atoms with Crippen LogP contribution in [-0.4, -0.2) is 15.7 Å². The normalized spacial score (nSPS) is 10.8. The minimum absolute atomic E-state index is 0.425. The summed E-state index contributed by atoms with van der Waals surface area (Å²) in [5.41, 5.74) is 16.6. The Labute approximate surface area is 118 Å². The highest BCUT2D eigenvalue weighted by Gasteiger charge is 2.11. The van der Waals surface area contributed by atoms with Crippen LogP contribution in [0.4, 0.5) is 5.69 Å². The van der Waals surface area contributed by atoms with Gasteiger partial charge in [0.25, 0.3) is 0 Å². The molecule has 0 saturated carbocycles. The lowest BCUT2D eigenvalue weighted by molar-refractivity contribution is 0.100. The SMILES string of the molecule is CCc1c(C)nn(Cc2ccc(C(N)=O)cc2N)c1C. The van der Waals surface area contributed by atoms with Crippen molar-refractivity contribution in [1.29, 1.82) is 0 Å². The Kier molecular flexibility index (Phi) is 3.79. The van der Waals surface area contributed by atoms with Crippen LogP contribution < -0.4 is 11.5 Å². The maximum Gasteiger partial charge on any atom is 0.248 e. The first-order valence-electron chi connectivity index (χ1n) is 6.65. The van der Waals surface area contributed by atoms with Crippen molar-refractivity contribution in [1.82, 2.24) is 9.78 Å². The molecule has 5 heteroatoms. The summed E-state index contributed by atoms with van der Waals surface area (Å²) in [6.07, 6.45) is 0.966. The minimum atomic E-state index is -0.470. The van der Waals surface area contributed by atoms with Crippen LogP contribution in [0.25, 0.3) is 0 Å². The molecule has 1 aromatic heterocycles. The van der Waals surface area contributed by atoms with Gasteiger partial charge in [0.1, 0.15) is 0 Å². The van der Waals surface area contributed by atoms with Gasteiger partial charge in [0.05, 0.1) is 12.2 Å². The lowest BCUT2D eigenvalue weighted by atomic mass is 10.1. The number of carbonyl (C=O) groups excluding carboxylic acids is 1. The van der Waals surface area contributed by atoms with Crippen LogP contribution in [-0.2, 0) is 13.0 Å². The number of anilines is 1. The molecule has 0 spiro atoms. The molecule has 2 aromatic rings. The second kappa shape index (κ2) is 5.36. The Hall–Kier alpha value is -2.30. The van der Waals surface area contributed by atoms with Crippen LogP contribution >= 0.6 is 0 Å². The van der Waals surface area contributed by atoms with Gasteiger partial charge in [-0.1, -0.05) is 13.0 Å². The van der Waals surface area contributed by atoms with Gasteiger partial charge >= 0.3 is 0 Å². The monoisotopic (exact) mass is 272 g/mol. The summed E-state index contributed by atoms with van der Waals surface area (Å²) < 4.78 is 1.95. The number of hydrogen-bond acceptors (Lipinski definition) is 3. The maximum absolute atomic E-state index is 11.1. The first kappa shape index (κ1) is 14.1. The Bertz CT molecular complexity index is 658. The summed E-state index contributed by atoms with van der Waals surface area (Å²) >= 11 is 0. The third-order valence-corrected chi connectivity index (χ3v) is 3.64. The fourth-order valence-electron chi connectivity index (χ4n) is 2.45. The molecular weight excluding hydrogens is 252 g/mol. The fraction of sp³-hybridized carbons (Fsp3) is 0.333. The molecule has 0 fully saturated rings. The van der Waals surface area contributed by atoms with E-state index in [2.05, 4.69) is 18.9 Å². The predicted octanol–water partition coefficient (Wildman–Crippen LogP) is 1.79. The molecule has 5 nitrogen and oxygen atoms in total. The number of nitrogens with two attached hydrogens (primary N) is 2. The van der Waals surface area contributed by atoms with E-state index in [1.54, 1.807) is 12.1 Å². The van der Waals surface area contributed by atoms with E-state index in [-0.39, 0.29) is 0 Å². The summed E-state index contributed by atoms with van der Waals surface area (Å²) in [5, 5.41) is 4.54. The average Bonchev–Trinajstić information content (AvgIpc) is 2.66. The number of hydrogen-bond donors (Lipinski definition) is 2. The van der Waals surface area contributed by atoms with Gasteiger partial charge in [-0.3, -0.25) is 9.48 Å². The molecular formula is C15H20N4O. The fourth-order valence-corrected chi connectivity index (χ4v) is 2.45. The minimum Gasteiger partial charge on any atom is -0.398 e. The quantitative estimate of drug-likeness (QED) is 0.832. The van der Waals surface area contributed by atoms with E-state index in [9.17, 15) is 4.79 Å². The number of carbonyl (C=O) groups is 1. The van der Waals surface area contributed by atoms with Crippen LogP contribution in [0, 0.1) is 13.8 Å². The third kappa shape index (κ3) is 2.52. The number of nitrogens with zero attached hydrogens (tertiary/aromatic N) is 2. The zero-order valence-corrected chi connectivity index (χ0v) is 12.1. The van der Waals surface area contributed by atoms with Crippen LogP contribution in [0.15, 0.2) is 18.2 Å². The zero-order chi connectivity index (χ0) is 14.9. The Morgan fingerprint density at radius 1 is 1.35 bits per heavy atom. The molecule has 0 bridgehead atoms. The first-order valence-corrected chi connectivity index (χ1v) is 6.65. The number of rotatable bonds is 4. The molecule has 1 heterocycles. The van der Waals surface area contributed by atoms with E-state index in [0.29, 0.717) is 17.8 Å². The number of aryl methyl sites for hydroxylation is 1. The molecule has 20 heavy (non-hydrogen) atoms. The van der Waals surface area contributed by atoms with E-state index in [0.717, 1.165) is 23.4 Å². The molecule has 106 valence electrons. The van der Waals surface area contributed by atoms with Gasteiger partial charge in [0.15, 0.2) is 0 Å². The van der Waals surface area contributed by atoms with Crippen molar-refractivity contribution < 1.29 is 4.79 Å². The third-order valence-electron chi connectivity index (χ3n) is 3.64. The molecule has 1 amide bonds. The summed E-state index contributed by atoms with van der Waals surface area (Å²) in [6.45, 7) is 6.80. The topological polar surface area (TPSA) is 86.9 Å². The van der Waals surface area contributed by atoms with Gasteiger partial charge < -0.3 is 11.5 Å². The Morgan fingerprint density at radius 2 is 2.05 bits per heavy atom. The number of benzene rings is 1. The lowest BCUT2D eigenvalue weighted by Crippen LogP contribution is -2.12. The van der Waals surface area contributed by atoms with Crippen molar-refractivity contribution >= 4 is 11.6 Å². The van der Waals surface area contributed by atoms with Crippen molar-refractivity contribution in [3.05, 3.63) is 46.3 Å². The van der Waals surface area contributed by atoms with E-state index < -0.39 is 5.91 Å². The van der Waals surface area contributed by atoms with E-state index in [1.807, 2.05) is 17.7 Å². The van der Waals surface area contributed by atoms with Gasteiger partial charge in [0, 0.05) is 16.9 Å². The van der Waals surface area contributed by atoms with Crippen molar-refractivity contribution in [2.75, 3.05) is 5.73 Å². The van der Waals surface area contributed by atoms with Gasteiger partial charge in [-0.25, -0.2) is 0 Å². The van der Waals surface area contributed by atoms with Crippen LogP contribution in [0.2, 0.25) is 0 Å². The van der Waals surface area contributed by atoms with Crippen LogP contribution in [0.1, 0.15) is 39.8 Å². The number of primary amides is 1. The van der Waals surface area contributed by atoms with Gasteiger partial charge in [-0.2, -0.15) is 5.10 Å². The molecule has 0 atom stereocenters. The highest BCUT2D eigenvalue weighted by Crippen LogP contribution is 2.19.